The van der Waals surface area contributed by atoms with Gasteiger partial charge in [-0.05, 0) is 55.0 Å². The summed E-state index contributed by atoms with van der Waals surface area (Å²) >= 11 is 0. The molecular weight excluding hydrogens is 542 g/mol. The van der Waals surface area contributed by atoms with E-state index >= 15 is 0 Å². The number of aromatic nitrogens is 1. The van der Waals surface area contributed by atoms with E-state index in [-0.39, 0.29) is 30.9 Å². The number of aromatic amines is 1. The third kappa shape index (κ3) is 8.79. The lowest BCUT2D eigenvalue weighted by Gasteiger charge is -2.27. The second kappa shape index (κ2) is 14.5. The lowest BCUT2D eigenvalue weighted by atomic mass is 10.0. The van der Waals surface area contributed by atoms with Crippen molar-refractivity contribution < 1.29 is 34.5 Å². The number of aliphatic hydroxyl groups excluding tert-OH is 1. The first-order valence-corrected chi connectivity index (χ1v) is 13.8. The number of rotatable bonds is 14. The average molecular weight is 582 g/mol. The van der Waals surface area contributed by atoms with E-state index in [2.05, 4.69) is 20.9 Å². The molecule has 42 heavy (non-hydrogen) atoms. The van der Waals surface area contributed by atoms with Crippen molar-refractivity contribution >= 4 is 34.6 Å². The van der Waals surface area contributed by atoms with Crippen LogP contribution < -0.4 is 21.7 Å². The van der Waals surface area contributed by atoms with Crippen LogP contribution in [0.3, 0.4) is 0 Å². The maximum atomic E-state index is 13.2. The first-order chi connectivity index (χ1) is 19.8. The van der Waals surface area contributed by atoms with Crippen LogP contribution in [0.25, 0.3) is 10.9 Å². The average Bonchev–Trinajstić information content (AvgIpc) is 3.33. The van der Waals surface area contributed by atoms with Crippen LogP contribution in [-0.2, 0) is 32.0 Å². The van der Waals surface area contributed by atoms with E-state index in [0.29, 0.717) is 5.56 Å². The van der Waals surface area contributed by atoms with Crippen molar-refractivity contribution in [1.82, 2.24) is 20.9 Å². The molecule has 226 valence electrons. The number of carboxylic acids is 1. The number of aliphatic hydroxyl groups is 1. The quantitative estimate of drug-likeness (QED) is 0.137. The highest BCUT2D eigenvalue weighted by Crippen LogP contribution is 2.19. The molecule has 5 unspecified atom stereocenters. The smallest absolute Gasteiger partial charge is 0.326 e. The molecule has 0 aliphatic rings. The van der Waals surface area contributed by atoms with Crippen LogP contribution in [0, 0.1) is 5.92 Å². The number of hydrogen-bond acceptors (Lipinski definition) is 7. The van der Waals surface area contributed by atoms with Gasteiger partial charge in [0.1, 0.15) is 23.9 Å². The molecule has 12 nitrogen and oxygen atoms in total. The summed E-state index contributed by atoms with van der Waals surface area (Å²) in [7, 11) is 0. The van der Waals surface area contributed by atoms with Gasteiger partial charge in [-0.15, -0.1) is 0 Å². The van der Waals surface area contributed by atoms with Crippen molar-refractivity contribution in [1.29, 1.82) is 0 Å². The number of phenolic OH excluding ortho intramolecular Hbond substituents is 1. The minimum absolute atomic E-state index is 0.0213. The Bertz CT molecular complexity index is 1390. The number of hydrogen-bond donors (Lipinski definition) is 8. The zero-order valence-electron chi connectivity index (χ0n) is 23.8. The molecule has 9 N–H and O–H groups in total. The van der Waals surface area contributed by atoms with Crippen LogP contribution in [0.1, 0.15) is 38.3 Å². The van der Waals surface area contributed by atoms with Gasteiger partial charge in [0, 0.05) is 23.5 Å². The molecule has 3 aromatic rings. The molecule has 3 amide bonds. The van der Waals surface area contributed by atoms with Gasteiger partial charge in [0.25, 0.3) is 0 Å². The van der Waals surface area contributed by atoms with Gasteiger partial charge < -0.3 is 42.0 Å². The molecule has 0 saturated heterocycles. The molecule has 0 fully saturated rings. The fourth-order valence-corrected chi connectivity index (χ4v) is 4.60. The predicted octanol–water partition coefficient (Wildman–Crippen LogP) is 0.952. The summed E-state index contributed by atoms with van der Waals surface area (Å²) in [4.78, 5) is 54.4. The summed E-state index contributed by atoms with van der Waals surface area (Å²) in [6, 6.07) is 8.58. The molecule has 1 heterocycles. The van der Waals surface area contributed by atoms with Crippen LogP contribution >= 0.6 is 0 Å². The summed E-state index contributed by atoms with van der Waals surface area (Å²) in [5, 5.41) is 37.9. The molecule has 1 aromatic heterocycles. The van der Waals surface area contributed by atoms with Gasteiger partial charge in [-0.1, -0.05) is 44.2 Å². The normalized spacial score (nSPS) is 14.9. The minimum Gasteiger partial charge on any atom is -0.508 e. The molecule has 5 atom stereocenters. The highest BCUT2D eigenvalue weighted by molar-refractivity contribution is 5.94. The summed E-state index contributed by atoms with van der Waals surface area (Å²) < 4.78 is 0. The Morgan fingerprint density at radius 3 is 2.12 bits per heavy atom. The highest BCUT2D eigenvalue weighted by Gasteiger charge is 2.33. The Morgan fingerprint density at radius 2 is 1.50 bits per heavy atom. The Morgan fingerprint density at radius 1 is 0.857 bits per heavy atom. The monoisotopic (exact) mass is 581 g/mol. The molecule has 12 heteroatoms. The molecular formula is C30H39N5O7. The number of aromatic hydroxyl groups is 1. The van der Waals surface area contributed by atoms with Crippen molar-refractivity contribution in [2.24, 2.45) is 11.7 Å². The number of aliphatic carboxylic acids is 1. The number of carbonyl (C=O) groups excluding carboxylic acids is 3. The van der Waals surface area contributed by atoms with E-state index in [1.165, 1.54) is 19.1 Å². The van der Waals surface area contributed by atoms with Gasteiger partial charge in [-0.25, -0.2) is 4.79 Å². The number of carbonyl (C=O) groups is 4. The number of benzene rings is 2. The second-order valence-corrected chi connectivity index (χ2v) is 10.9. The molecule has 0 saturated carbocycles. The summed E-state index contributed by atoms with van der Waals surface area (Å²) in [6.45, 7) is 4.98. The van der Waals surface area contributed by atoms with Gasteiger partial charge in [0.05, 0.1) is 12.1 Å². The van der Waals surface area contributed by atoms with E-state index in [0.717, 1.165) is 16.5 Å². The van der Waals surface area contributed by atoms with Gasteiger partial charge in [-0.2, -0.15) is 0 Å². The molecule has 2 aromatic carbocycles. The Kier molecular flexibility index (Phi) is 11.1. The maximum absolute atomic E-state index is 13.2. The van der Waals surface area contributed by atoms with Crippen molar-refractivity contribution in [3.63, 3.8) is 0 Å². The number of H-pyrrole nitrogens is 1. The molecule has 0 spiro atoms. The van der Waals surface area contributed by atoms with Crippen molar-refractivity contribution in [3.05, 3.63) is 65.9 Å². The topological polar surface area (TPSA) is 207 Å². The largest absolute Gasteiger partial charge is 0.508 e. The first kappa shape index (κ1) is 32.1. The number of nitrogens with two attached hydrogens (primary N) is 1. The van der Waals surface area contributed by atoms with E-state index < -0.39 is 54.0 Å². The second-order valence-electron chi connectivity index (χ2n) is 10.9. The number of amides is 3. The Balaban J connectivity index is 1.68. The Hall–Kier alpha value is -4.42. The highest BCUT2D eigenvalue weighted by atomic mass is 16.4. The first-order valence-electron chi connectivity index (χ1n) is 13.8. The third-order valence-corrected chi connectivity index (χ3v) is 6.84. The number of carboxylic acid groups (broad SMARTS) is 1. The van der Waals surface area contributed by atoms with E-state index in [1.807, 2.05) is 38.1 Å². The van der Waals surface area contributed by atoms with Crippen LogP contribution in [0.2, 0.25) is 0 Å². The molecule has 0 aliphatic carbocycles. The lowest BCUT2D eigenvalue weighted by Crippen LogP contribution is -2.60. The molecule has 0 aliphatic heterocycles. The van der Waals surface area contributed by atoms with Gasteiger partial charge in [0.15, 0.2) is 0 Å². The van der Waals surface area contributed by atoms with E-state index in [1.54, 1.807) is 18.3 Å². The number of phenols is 1. The number of fused-ring (bicyclic) bond motifs is 1. The maximum Gasteiger partial charge on any atom is 0.326 e. The van der Waals surface area contributed by atoms with Crippen molar-refractivity contribution in [2.75, 3.05) is 0 Å². The van der Waals surface area contributed by atoms with Crippen LogP contribution in [0.4, 0.5) is 0 Å². The van der Waals surface area contributed by atoms with Crippen LogP contribution in [0.15, 0.2) is 54.7 Å². The Labute approximate surface area is 243 Å². The van der Waals surface area contributed by atoms with Crippen molar-refractivity contribution in [3.8, 4) is 5.75 Å². The SMILES string of the molecule is CC(C)CC(NC(=O)C(NC(=O)C(N)Cc1c[nH]c2ccccc12)C(C)O)C(=O)NC(Cc1ccc(O)cc1)C(=O)O. The van der Waals surface area contributed by atoms with E-state index in [4.69, 9.17) is 5.73 Å². The molecule has 3 rings (SSSR count). The third-order valence-electron chi connectivity index (χ3n) is 6.84. The van der Waals surface area contributed by atoms with Gasteiger partial charge in [-0.3, -0.25) is 14.4 Å². The fourth-order valence-electron chi connectivity index (χ4n) is 4.60. The van der Waals surface area contributed by atoms with Crippen LogP contribution in [0.5, 0.6) is 5.75 Å². The fraction of sp³-hybridized carbons (Fsp3) is 0.400. The summed E-state index contributed by atoms with van der Waals surface area (Å²) in [5.41, 5.74) is 8.43. The standard InChI is InChI=1S/C30H39N5O7/c1-16(2)12-24(28(39)34-25(30(41)42)13-18-8-10-20(37)11-9-18)33-29(40)26(17(3)36)35-27(38)22(31)14-19-15-32-23-7-5-4-6-21(19)23/h4-11,15-17,22,24-26,32,36-37H,12-14,31H2,1-3H3,(H,33,40)(H,34,39)(H,35,38)(H,41,42). The minimum atomic E-state index is -1.42. The zero-order valence-corrected chi connectivity index (χ0v) is 23.8. The number of nitrogens with one attached hydrogen (secondary N) is 4. The van der Waals surface area contributed by atoms with Crippen LogP contribution in [-0.4, -0.2) is 74.3 Å². The predicted molar refractivity (Wildman–Crippen MR) is 156 cm³/mol. The van der Waals surface area contributed by atoms with Gasteiger partial charge in [0.2, 0.25) is 17.7 Å². The van der Waals surface area contributed by atoms with Crippen molar-refractivity contribution in [2.45, 2.75) is 70.3 Å². The molecule has 0 radical (unpaired) electrons. The summed E-state index contributed by atoms with van der Waals surface area (Å²) in [5.74, 6) is -3.52. The molecule has 0 bridgehead atoms. The summed E-state index contributed by atoms with van der Waals surface area (Å²) in [6.07, 6.45) is 0.740. The number of para-hydroxylation sites is 1. The van der Waals surface area contributed by atoms with Gasteiger partial charge >= 0.3 is 5.97 Å². The zero-order chi connectivity index (χ0) is 31.0. The lowest BCUT2D eigenvalue weighted by molar-refractivity contribution is -0.142. The van der Waals surface area contributed by atoms with E-state index in [9.17, 15) is 34.5 Å².